The minimum Gasteiger partial charge on any atom is -0.209 e. The van der Waals surface area contributed by atoms with Crippen molar-refractivity contribution in [2.75, 3.05) is 0 Å². The maximum Gasteiger partial charge on any atom is 0.236 e. The molecule has 0 amide bonds. The molecule has 4 heteroatoms. The van der Waals surface area contributed by atoms with Crippen molar-refractivity contribution >= 4 is 16.1 Å². The summed E-state index contributed by atoms with van der Waals surface area (Å²) in [6.07, 6.45) is 4.81. The Hall–Kier alpha value is -1.91. The molecule has 0 heterocycles. The van der Waals surface area contributed by atoms with Gasteiger partial charge in [0.2, 0.25) is 10.0 Å². The highest BCUT2D eigenvalue weighted by molar-refractivity contribution is 7.93. The van der Waals surface area contributed by atoms with Crippen molar-refractivity contribution in [1.29, 1.82) is 0 Å². The minimum absolute atomic E-state index is 0.0896. The third-order valence-corrected chi connectivity index (χ3v) is 6.15. The van der Waals surface area contributed by atoms with Crippen LogP contribution in [-0.2, 0) is 22.9 Å². The zero-order valence-corrected chi connectivity index (χ0v) is 14.7. The van der Waals surface area contributed by atoms with Crippen LogP contribution in [0.2, 0.25) is 0 Å². The Balaban J connectivity index is 1.65. The average molecular weight is 341 g/mol. The monoisotopic (exact) mass is 341 g/mol. The van der Waals surface area contributed by atoms with Crippen LogP contribution >= 0.6 is 0 Å². The fourth-order valence-corrected chi connectivity index (χ4v) is 4.50. The second-order valence-corrected chi connectivity index (χ2v) is 8.12. The van der Waals surface area contributed by atoms with Gasteiger partial charge in [-0.15, -0.1) is 0 Å². The van der Waals surface area contributed by atoms with Crippen molar-refractivity contribution in [3.05, 3.63) is 76.2 Å². The quantitative estimate of drug-likeness (QED) is 0.866. The number of hydrogen-bond donors (Lipinski definition) is 1. The molecule has 0 saturated carbocycles. The van der Waals surface area contributed by atoms with E-state index in [0.29, 0.717) is 11.3 Å². The van der Waals surface area contributed by atoms with Gasteiger partial charge in [-0.2, -0.15) is 0 Å². The van der Waals surface area contributed by atoms with E-state index < -0.39 is 10.0 Å². The molecular formula is C20H23NO2S. The van der Waals surface area contributed by atoms with Crippen LogP contribution in [0, 0.1) is 0 Å². The molecule has 3 nitrogen and oxygen atoms in total. The van der Waals surface area contributed by atoms with Gasteiger partial charge in [-0.25, -0.2) is 13.1 Å². The van der Waals surface area contributed by atoms with Gasteiger partial charge in [0.1, 0.15) is 0 Å². The fraction of sp³-hybridized carbons (Fsp3) is 0.300. The Labute approximate surface area is 144 Å². The molecule has 3 rings (SSSR count). The first-order valence-corrected chi connectivity index (χ1v) is 9.88. The van der Waals surface area contributed by atoms with E-state index in [0.717, 1.165) is 24.8 Å². The Morgan fingerprint density at radius 2 is 1.71 bits per heavy atom. The van der Waals surface area contributed by atoms with Gasteiger partial charge in [0.15, 0.2) is 0 Å². The van der Waals surface area contributed by atoms with E-state index in [1.165, 1.54) is 11.1 Å². The van der Waals surface area contributed by atoms with Crippen molar-refractivity contribution < 1.29 is 8.42 Å². The molecule has 24 heavy (non-hydrogen) atoms. The van der Waals surface area contributed by atoms with E-state index in [1.807, 2.05) is 49.4 Å². The Kier molecular flexibility index (Phi) is 5.17. The summed E-state index contributed by atoms with van der Waals surface area (Å²) in [5.41, 5.74) is 3.46. The molecule has 1 aliphatic rings. The summed E-state index contributed by atoms with van der Waals surface area (Å²) in [6.45, 7) is 1.93. The zero-order chi connectivity index (χ0) is 17.0. The lowest BCUT2D eigenvalue weighted by Crippen LogP contribution is -2.34. The smallest absolute Gasteiger partial charge is 0.209 e. The number of fused-ring (bicyclic) bond motifs is 1. The molecule has 0 aromatic heterocycles. The predicted molar refractivity (Wildman–Crippen MR) is 99.0 cm³/mol. The normalized spacial score (nSPS) is 15.5. The van der Waals surface area contributed by atoms with Gasteiger partial charge in [0.25, 0.3) is 0 Å². The summed E-state index contributed by atoms with van der Waals surface area (Å²) in [7, 11) is -3.42. The molecule has 1 unspecified atom stereocenters. The SMILES string of the molecule is CC(CCc1ccccc1)NS(=O)(=O)C1=Cc2ccccc2CC1. The van der Waals surface area contributed by atoms with E-state index in [2.05, 4.69) is 22.9 Å². The second kappa shape index (κ2) is 7.32. The van der Waals surface area contributed by atoms with Crippen LogP contribution in [0.25, 0.3) is 6.08 Å². The van der Waals surface area contributed by atoms with Crippen LogP contribution in [0.15, 0.2) is 59.5 Å². The number of allylic oxidation sites excluding steroid dienone is 1. The highest BCUT2D eigenvalue weighted by Crippen LogP contribution is 2.26. The summed E-state index contributed by atoms with van der Waals surface area (Å²) < 4.78 is 28.1. The molecule has 0 saturated heterocycles. The lowest BCUT2D eigenvalue weighted by atomic mass is 9.98. The van der Waals surface area contributed by atoms with Crippen LogP contribution in [0.5, 0.6) is 0 Å². The number of aryl methyl sites for hydroxylation is 2. The Bertz CT molecular complexity index is 826. The lowest BCUT2D eigenvalue weighted by molar-refractivity contribution is 0.551. The lowest BCUT2D eigenvalue weighted by Gasteiger charge is -2.19. The van der Waals surface area contributed by atoms with Crippen molar-refractivity contribution in [3.8, 4) is 0 Å². The van der Waals surface area contributed by atoms with E-state index in [9.17, 15) is 8.42 Å². The van der Waals surface area contributed by atoms with Gasteiger partial charge in [-0.3, -0.25) is 0 Å². The fourth-order valence-electron chi connectivity index (χ4n) is 3.05. The second-order valence-electron chi connectivity index (χ2n) is 6.36. The molecule has 0 aliphatic heterocycles. The summed E-state index contributed by atoms with van der Waals surface area (Å²) in [4.78, 5) is 0.493. The Morgan fingerprint density at radius 1 is 1.00 bits per heavy atom. The molecular weight excluding hydrogens is 318 g/mol. The summed E-state index contributed by atoms with van der Waals surface area (Å²) in [5.74, 6) is 0. The molecule has 126 valence electrons. The number of hydrogen-bond acceptors (Lipinski definition) is 2. The largest absolute Gasteiger partial charge is 0.236 e. The highest BCUT2D eigenvalue weighted by atomic mass is 32.2. The molecule has 1 N–H and O–H groups in total. The molecule has 0 radical (unpaired) electrons. The summed E-state index contributed by atoms with van der Waals surface area (Å²) in [5, 5.41) is 0. The maximum absolute atomic E-state index is 12.6. The number of rotatable bonds is 6. The third kappa shape index (κ3) is 4.13. The van der Waals surface area contributed by atoms with Gasteiger partial charge in [0, 0.05) is 6.04 Å². The van der Waals surface area contributed by atoms with Crippen LogP contribution in [0.3, 0.4) is 0 Å². The number of nitrogens with one attached hydrogen (secondary N) is 1. The first-order valence-electron chi connectivity index (χ1n) is 8.39. The van der Waals surface area contributed by atoms with E-state index in [-0.39, 0.29) is 6.04 Å². The molecule has 0 spiro atoms. The summed E-state index contributed by atoms with van der Waals surface area (Å²) in [6, 6.07) is 18.0. The van der Waals surface area contributed by atoms with E-state index in [4.69, 9.17) is 0 Å². The van der Waals surface area contributed by atoms with Crippen LogP contribution in [0.4, 0.5) is 0 Å². The van der Waals surface area contributed by atoms with Crippen molar-refractivity contribution in [2.45, 2.75) is 38.6 Å². The summed E-state index contributed by atoms with van der Waals surface area (Å²) >= 11 is 0. The predicted octanol–water partition coefficient (Wildman–Crippen LogP) is 3.91. The van der Waals surface area contributed by atoms with Gasteiger partial charge in [-0.1, -0.05) is 54.6 Å². The van der Waals surface area contributed by atoms with Gasteiger partial charge in [-0.05, 0) is 55.4 Å². The third-order valence-electron chi connectivity index (χ3n) is 4.42. The van der Waals surface area contributed by atoms with Gasteiger partial charge in [0.05, 0.1) is 4.91 Å². The average Bonchev–Trinajstić information content (AvgIpc) is 2.60. The van der Waals surface area contributed by atoms with Crippen LogP contribution < -0.4 is 4.72 Å². The maximum atomic E-state index is 12.6. The molecule has 1 aliphatic carbocycles. The highest BCUT2D eigenvalue weighted by Gasteiger charge is 2.23. The van der Waals surface area contributed by atoms with Crippen LogP contribution in [-0.4, -0.2) is 14.5 Å². The van der Waals surface area contributed by atoms with Crippen molar-refractivity contribution in [1.82, 2.24) is 4.72 Å². The van der Waals surface area contributed by atoms with Gasteiger partial charge >= 0.3 is 0 Å². The first-order chi connectivity index (χ1) is 11.5. The topological polar surface area (TPSA) is 46.2 Å². The van der Waals surface area contributed by atoms with E-state index >= 15 is 0 Å². The molecule has 0 fully saturated rings. The van der Waals surface area contributed by atoms with Gasteiger partial charge < -0.3 is 0 Å². The number of sulfonamides is 1. The standard InChI is InChI=1S/C20H23NO2S/c1-16(11-12-17-7-3-2-4-8-17)21-24(22,23)20-14-13-18-9-5-6-10-19(18)15-20/h2-10,15-16,21H,11-14H2,1H3. The number of benzene rings is 2. The molecule has 1 atom stereocenters. The first kappa shape index (κ1) is 16.9. The van der Waals surface area contributed by atoms with E-state index in [1.54, 1.807) is 0 Å². The Morgan fingerprint density at radius 3 is 2.50 bits per heavy atom. The molecule has 2 aromatic carbocycles. The van der Waals surface area contributed by atoms with Crippen LogP contribution in [0.1, 0.15) is 36.5 Å². The molecule has 0 bridgehead atoms. The zero-order valence-electron chi connectivity index (χ0n) is 13.9. The van der Waals surface area contributed by atoms with Crippen molar-refractivity contribution in [3.63, 3.8) is 0 Å². The van der Waals surface area contributed by atoms with Crippen molar-refractivity contribution in [2.24, 2.45) is 0 Å². The minimum atomic E-state index is -3.42. The molecule has 2 aromatic rings.